The SMILES string of the molecule is c1ccc(-c2nc3c(ccc4c(-c5ccccc5)nc5ccc(-c6cnc7ccccc7c6)cc5c43)o2)cc1. The summed E-state index contributed by atoms with van der Waals surface area (Å²) < 4.78 is 6.28. The molecule has 3 aromatic heterocycles. The Labute approximate surface area is 224 Å². The van der Waals surface area contributed by atoms with E-state index < -0.39 is 0 Å². The lowest BCUT2D eigenvalue weighted by Crippen LogP contribution is -1.92. The molecule has 0 aliphatic heterocycles. The number of hydrogen-bond donors (Lipinski definition) is 0. The van der Waals surface area contributed by atoms with Crippen LogP contribution in [0.25, 0.3) is 77.5 Å². The van der Waals surface area contributed by atoms with Crippen molar-refractivity contribution in [2.45, 2.75) is 0 Å². The molecule has 0 aliphatic rings. The Bertz CT molecular complexity index is 2170. The van der Waals surface area contributed by atoms with Crippen LogP contribution in [0.4, 0.5) is 0 Å². The Morgan fingerprint density at radius 3 is 2.13 bits per heavy atom. The molecule has 0 unspecified atom stereocenters. The molecule has 0 saturated carbocycles. The van der Waals surface area contributed by atoms with Crippen molar-refractivity contribution in [2.24, 2.45) is 0 Å². The predicted molar refractivity (Wildman–Crippen MR) is 158 cm³/mol. The van der Waals surface area contributed by atoms with Crippen molar-refractivity contribution < 1.29 is 4.42 Å². The average Bonchev–Trinajstić information content (AvgIpc) is 3.46. The first-order chi connectivity index (χ1) is 19.3. The van der Waals surface area contributed by atoms with Crippen molar-refractivity contribution in [1.82, 2.24) is 15.0 Å². The lowest BCUT2D eigenvalue weighted by Gasteiger charge is -2.12. The number of oxazole rings is 1. The van der Waals surface area contributed by atoms with Gasteiger partial charge in [-0.25, -0.2) is 9.97 Å². The van der Waals surface area contributed by atoms with Gasteiger partial charge in [0, 0.05) is 44.4 Å². The number of nitrogens with zero attached hydrogens (tertiary/aromatic N) is 3. The molecule has 182 valence electrons. The van der Waals surface area contributed by atoms with Crippen LogP contribution in [0.5, 0.6) is 0 Å². The van der Waals surface area contributed by atoms with Gasteiger partial charge >= 0.3 is 0 Å². The Morgan fingerprint density at radius 2 is 1.28 bits per heavy atom. The van der Waals surface area contributed by atoms with Gasteiger partial charge in [-0.15, -0.1) is 0 Å². The molecule has 5 aromatic carbocycles. The van der Waals surface area contributed by atoms with Crippen molar-refractivity contribution in [2.75, 3.05) is 0 Å². The molecular formula is C35H21N3O. The van der Waals surface area contributed by atoms with Crippen LogP contribution in [0, 0.1) is 0 Å². The van der Waals surface area contributed by atoms with Gasteiger partial charge in [0.05, 0.1) is 16.7 Å². The van der Waals surface area contributed by atoms with E-state index in [2.05, 4.69) is 48.5 Å². The number of para-hydroxylation sites is 1. The van der Waals surface area contributed by atoms with Crippen LogP contribution in [0.15, 0.2) is 132 Å². The van der Waals surface area contributed by atoms with Gasteiger partial charge in [-0.1, -0.05) is 72.8 Å². The summed E-state index contributed by atoms with van der Waals surface area (Å²) in [5.41, 5.74) is 8.59. The summed E-state index contributed by atoms with van der Waals surface area (Å²) in [5, 5.41) is 4.23. The largest absolute Gasteiger partial charge is 0.436 e. The Hall–Kier alpha value is -5.35. The summed E-state index contributed by atoms with van der Waals surface area (Å²) in [7, 11) is 0. The van der Waals surface area contributed by atoms with Crippen molar-refractivity contribution in [3.63, 3.8) is 0 Å². The molecular weight excluding hydrogens is 478 g/mol. The standard InChI is InChI=1S/C35H21N3O/c1-3-9-22(10-4-1)33-27-16-18-31-34(38-35(39-31)23-11-5-2-6-12-23)32(27)28-20-24(15-17-30(28)37-33)26-19-25-13-7-8-14-29(25)36-21-26/h1-21H. The fraction of sp³-hybridized carbons (Fsp3) is 0. The van der Waals surface area contributed by atoms with Crippen LogP contribution in [0.1, 0.15) is 0 Å². The number of pyridine rings is 2. The molecule has 4 nitrogen and oxygen atoms in total. The van der Waals surface area contributed by atoms with Crippen LogP contribution in [0.3, 0.4) is 0 Å². The number of hydrogen-bond acceptors (Lipinski definition) is 4. The minimum atomic E-state index is 0.610. The molecule has 3 heterocycles. The molecule has 0 fully saturated rings. The molecule has 4 heteroatoms. The zero-order valence-electron chi connectivity index (χ0n) is 20.9. The predicted octanol–water partition coefficient (Wildman–Crippen LogP) is 9.08. The van der Waals surface area contributed by atoms with Gasteiger partial charge in [0.25, 0.3) is 0 Å². The molecule has 0 atom stereocenters. The second kappa shape index (κ2) is 8.61. The van der Waals surface area contributed by atoms with Gasteiger partial charge < -0.3 is 4.42 Å². The molecule has 0 spiro atoms. The van der Waals surface area contributed by atoms with Crippen molar-refractivity contribution in [1.29, 1.82) is 0 Å². The molecule has 0 saturated heterocycles. The molecule has 0 N–H and O–H groups in total. The minimum absolute atomic E-state index is 0.610. The van der Waals surface area contributed by atoms with E-state index in [1.54, 1.807) is 0 Å². The first-order valence-corrected chi connectivity index (χ1v) is 12.9. The summed E-state index contributed by atoms with van der Waals surface area (Å²) in [4.78, 5) is 14.9. The second-order valence-electron chi connectivity index (χ2n) is 9.69. The van der Waals surface area contributed by atoms with E-state index in [4.69, 9.17) is 19.4 Å². The fourth-order valence-electron chi connectivity index (χ4n) is 5.41. The lowest BCUT2D eigenvalue weighted by molar-refractivity contribution is 0.620. The third-order valence-electron chi connectivity index (χ3n) is 7.31. The summed E-state index contributed by atoms with van der Waals surface area (Å²) in [6.45, 7) is 0. The smallest absolute Gasteiger partial charge is 0.227 e. The van der Waals surface area contributed by atoms with Crippen LogP contribution in [-0.2, 0) is 0 Å². The summed E-state index contributed by atoms with van der Waals surface area (Å²) in [6, 6.07) is 41.3. The summed E-state index contributed by atoms with van der Waals surface area (Å²) in [5.74, 6) is 0.610. The molecule has 8 rings (SSSR count). The number of rotatable bonds is 3. The first kappa shape index (κ1) is 21.7. The number of benzene rings is 5. The highest BCUT2D eigenvalue weighted by molar-refractivity contribution is 6.21. The molecule has 8 aromatic rings. The maximum atomic E-state index is 6.28. The minimum Gasteiger partial charge on any atom is -0.436 e. The second-order valence-corrected chi connectivity index (χ2v) is 9.69. The van der Waals surface area contributed by atoms with Crippen LogP contribution in [0.2, 0.25) is 0 Å². The fourth-order valence-corrected chi connectivity index (χ4v) is 5.41. The maximum Gasteiger partial charge on any atom is 0.227 e. The Kier molecular flexibility index (Phi) is 4.79. The maximum absolute atomic E-state index is 6.28. The van der Waals surface area contributed by atoms with Gasteiger partial charge in [0.15, 0.2) is 5.58 Å². The molecule has 0 amide bonds. The number of aromatic nitrogens is 3. The topological polar surface area (TPSA) is 51.8 Å². The Morgan fingerprint density at radius 1 is 0.513 bits per heavy atom. The summed E-state index contributed by atoms with van der Waals surface area (Å²) in [6.07, 6.45) is 1.94. The van der Waals surface area contributed by atoms with E-state index in [9.17, 15) is 0 Å². The molecule has 0 aliphatic carbocycles. The monoisotopic (exact) mass is 499 g/mol. The van der Waals surface area contributed by atoms with E-state index in [0.29, 0.717) is 5.89 Å². The molecule has 0 bridgehead atoms. The highest BCUT2D eigenvalue weighted by atomic mass is 16.3. The quantitative estimate of drug-likeness (QED) is 0.228. The van der Waals surface area contributed by atoms with Crippen molar-refractivity contribution >= 4 is 43.7 Å². The van der Waals surface area contributed by atoms with Crippen LogP contribution >= 0.6 is 0 Å². The van der Waals surface area contributed by atoms with E-state index in [1.807, 2.05) is 79.0 Å². The van der Waals surface area contributed by atoms with Crippen molar-refractivity contribution in [3.8, 4) is 33.8 Å². The highest BCUT2D eigenvalue weighted by Crippen LogP contribution is 2.39. The average molecular weight is 500 g/mol. The van der Waals surface area contributed by atoms with Gasteiger partial charge in [-0.3, -0.25) is 4.98 Å². The highest BCUT2D eigenvalue weighted by Gasteiger charge is 2.18. The Balaban J connectivity index is 1.45. The molecule has 0 radical (unpaired) electrons. The lowest BCUT2D eigenvalue weighted by atomic mass is 9.96. The summed E-state index contributed by atoms with van der Waals surface area (Å²) >= 11 is 0. The van der Waals surface area contributed by atoms with Gasteiger partial charge in [0.2, 0.25) is 5.89 Å². The van der Waals surface area contributed by atoms with E-state index in [0.717, 1.165) is 71.6 Å². The van der Waals surface area contributed by atoms with Gasteiger partial charge in [-0.2, -0.15) is 0 Å². The third-order valence-corrected chi connectivity index (χ3v) is 7.31. The van der Waals surface area contributed by atoms with Crippen molar-refractivity contribution in [3.05, 3.63) is 128 Å². The van der Waals surface area contributed by atoms with Gasteiger partial charge in [0.1, 0.15) is 5.52 Å². The van der Waals surface area contributed by atoms with Gasteiger partial charge in [-0.05, 0) is 54.1 Å². The third kappa shape index (κ3) is 3.57. The van der Waals surface area contributed by atoms with E-state index in [1.165, 1.54) is 0 Å². The van der Waals surface area contributed by atoms with E-state index >= 15 is 0 Å². The number of fused-ring (bicyclic) bond motifs is 6. The van der Waals surface area contributed by atoms with E-state index in [-0.39, 0.29) is 0 Å². The normalized spacial score (nSPS) is 11.6. The first-order valence-electron chi connectivity index (χ1n) is 12.9. The van der Waals surface area contributed by atoms with Crippen LogP contribution in [-0.4, -0.2) is 15.0 Å². The zero-order valence-corrected chi connectivity index (χ0v) is 20.9. The van der Waals surface area contributed by atoms with Crippen LogP contribution < -0.4 is 0 Å². The molecule has 39 heavy (non-hydrogen) atoms. The zero-order chi connectivity index (χ0) is 25.8.